The minimum atomic E-state index is 0.905. The first-order valence-electron chi connectivity index (χ1n) is 4.90. The van der Waals surface area contributed by atoms with Crippen LogP contribution in [0.15, 0.2) is 0 Å². The van der Waals surface area contributed by atoms with Gasteiger partial charge in [0.2, 0.25) is 0 Å². The third kappa shape index (κ3) is 1.71. The van der Waals surface area contributed by atoms with Gasteiger partial charge in [-0.05, 0) is 25.5 Å². The summed E-state index contributed by atoms with van der Waals surface area (Å²) < 4.78 is 0. The van der Waals surface area contributed by atoms with Gasteiger partial charge in [-0.2, -0.15) is 11.8 Å². The maximum Gasteiger partial charge on any atom is 0.140 e. The van der Waals surface area contributed by atoms with E-state index in [0.29, 0.717) is 0 Å². The number of fused-ring (bicyclic) bond motifs is 1. The van der Waals surface area contributed by atoms with Crippen molar-refractivity contribution in [2.24, 2.45) is 0 Å². The minimum Gasteiger partial charge on any atom is -0.373 e. The molecule has 1 N–H and O–H groups in total. The molecule has 0 amide bonds. The number of anilines is 1. The van der Waals surface area contributed by atoms with Gasteiger partial charge in [0, 0.05) is 18.3 Å². The average Bonchev–Trinajstić information content (AvgIpc) is 2.65. The van der Waals surface area contributed by atoms with Crippen molar-refractivity contribution < 1.29 is 0 Å². The van der Waals surface area contributed by atoms with Crippen LogP contribution in [0, 0.1) is 0 Å². The van der Waals surface area contributed by atoms with E-state index in [1.54, 1.807) is 11.8 Å². The van der Waals surface area contributed by atoms with Crippen LogP contribution in [-0.4, -0.2) is 23.3 Å². The molecule has 0 bridgehead atoms. The fraction of sp³-hybridized carbons (Fsp3) is 0.600. The van der Waals surface area contributed by atoms with Gasteiger partial charge in [-0.25, -0.2) is 9.97 Å². The molecule has 0 spiro atoms. The van der Waals surface area contributed by atoms with Crippen molar-refractivity contribution in [1.29, 1.82) is 0 Å². The molecule has 0 radical (unpaired) electrons. The highest BCUT2D eigenvalue weighted by Gasteiger charge is 2.18. The van der Waals surface area contributed by atoms with Crippen LogP contribution in [-0.2, 0) is 18.6 Å². The summed E-state index contributed by atoms with van der Waals surface area (Å²) in [6.45, 7) is 0. The number of nitrogens with one attached hydrogen (secondary N) is 1. The zero-order valence-electron chi connectivity index (χ0n) is 8.63. The Bertz CT molecular complexity index is 338. The first-order valence-corrected chi connectivity index (χ1v) is 6.30. The van der Waals surface area contributed by atoms with Crippen LogP contribution < -0.4 is 5.32 Å². The third-order valence-corrected chi connectivity index (χ3v) is 3.04. The van der Waals surface area contributed by atoms with E-state index in [4.69, 9.17) is 0 Å². The molecule has 0 aromatic carbocycles. The molecule has 0 aliphatic heterocycles. The van der Waals surface area contributed by atoms with Crippen molar-refractivity contribution in [3.63, 3.8) is 0 Å². The zero-order chi connectivity index (χ0) is 9.97. The number of aromatic nitrogens is 2. The smallest absolute Gasteiger partial charge is 0.140 e. The number of hydrogen-bond acceptors (Lipinski definition) is 4. The lowest BCUT2D eigenvalue weighted by Crippen LogP contribution is -2.04. The molecule has 3 nitrogen and oxygen atoms in total. The molecule has 14 heavy (non-hydrogen) atoms. The van der Waals surface area contributed by atoms with Crippen LogP contribution >= 0.6 is 11.8 Å². The standard InChI is InChI=1S/C10H15N3S/c1-11-10-7-4-3-5-8(7)12-9(13-10)6-14-2/h3-6H2,1-2H3,(H,11,12,13). The number of rotatable bonds is 3. The maximum absolute atomic E-state index is 4.58. The maximum atomic E-state index is 4.58. The van der Waals surface area contributed by atoms with E-state index in [-0.39, 0.29) is 0 Å². The highest BCUT2D eigenvalue weighted by atomic mass is 32.2. The van der Waals surface area contributed by atoms with E-state index in [1.807, 2.05) is 7.05 Å². The second-order valence-electron chi connectivity index (χ2n) is 3.45. The lowest BCUT2D eigenvalue weighted by molar-refractivity contribution is 0.893. The van der Waals surface area contributed by atoms with E-state index in [2.05, 4.69) is 21.5 Å². The molecule has 1 aromatic heterocycles. The summed E-state index contributed by atoms with van der Waals surface area (Å²) in [6, 6.07) is 0. The van der Waals surface area contributed by atoms with Crippen LogP contribution in [0.4, 0.5) is 5.82 Å². The van der Waals surface area contributed by atoms with E-state index in [0.717, 1.165) is 30.2 Å². The van der Waals surface area contributed by atoms with E-state index in [1.165, 1.54) is 17.7 Å². The van der Waals surface area contributed by atoms with Crippen molar-refractivity contribution >= 4 is 17.6 Å². The molecule has 1 aliphatic carbocycles. The van der Waals surface area contributed by atoms with Gasteiger partial charge in [-0.15, -0.1) is 0 Å². The normalized spacial score (nSPS) is 14.1. The summed E-state index contributed by atoms with van der Waals surface area (Å²) in [5.41, 5.74) is 2.59. The Hall–Kier alpha value is -0.770. The number of aryl methyl sites for hydroxylation is 1. The Labute approximate surface area is 88.7 Å². The first kappa shape index (κ1) is 9.77. The van der Waals surface area contributed by atoms with Gasteiger partial charge in [0.1, 0.15) is 11.6 Å². The van der Waals surface area contributed by atoms with Crippen molar-refractivity contribution in [3.05, 3.63) is 17.1 Å². The zero-order valence-corrected chi connectivity index (χ0v) is 9.45. The first-order chi connectivity index (χ1) is 6.85. The predicted molar refractivity (Wildman–Crippen MR) is 60.8 cm³/mol. The van der Waals surface area contributed by atoms with Crippen LogP contribution in [0.25, 0.3) is 0 Å². The molecule has 0 saturated heterocycles. The fourth-order valence-corrected chi connectivity index (χ4v) is 2.27. The van der Waals surface area contributed by atoms with Crippen LogP contribution in [0.1, 0.15) is 23.5 Å². The SMILES string of the molecule is CNc1nc(CSC)nc2c1CCC2. The van der Waals surface area contributed by atoms with Gasteiger partial charge < -0.3 is 5.32 Å². The largest absolute Gasteiger partial charge is 0.373 e. The summed E-state index contributed by atoms with van der Waals surface area (Å²) in [5.74, 6) is 2.90. The fourth-order valence-electron chi connectivity index (χ4n) is 1.88. The molecule has 4 heteroatoms. The highest BCUT2D eigenvalue weighted by molar-refractivity contribution is 7.97. The number of nitrogens with zero attached hydrogens (tertiary/aromatic N) is 2. The number of thioether (sulfide) groups is 1. The lowest BCUT2D eigenvalue weighted by atomic mass is 10.2. The quantitative estimate of drug-likeness (QED) is 0.824. The third-order valence-electron chi connectivity index (χ3n) is 2.49. The van der Waals surface area contributed by atoms with Gasteiger partial charge >= 0.3 is 0 Å². The predicted octanol–water partition coefficient (Wildman–Crippen LogP) is 1.87. The molecule has 0 fully saturated rings. The van der Waals surface area contributed by atoms with Crippen molar-refractivity contribution in [2.75, 3.05) is 18.6 Å². The minimum absolute atomic E-state index is 0.905. The molecule has 1 aliphatic rings. The molecule has 76 valence electrons. The summed E-state index contributed by atoms with van der Waals surface area (Å²) in [6.07, 6.45) is 5.55. The van der Waals surface area contributed by atoms with Crippen molar-refractivity contribution in [1.82, 2.24) is 9.97 Å². The molecular formula is C10H15N3S. The molecule has 0 saturated carbocycles. The molecule has 1 heterocycles. The molecule has 0 unspecified atom stereocenters. The second kappa shape index (κ2) is 4.17. The molecular weight excluding hydrogens is 194 g/mol. The summed E-state index contributed by atoms with van der Waals surface area (Å²) in [5, 5.41) is 3.17. The second-order valence-corrected chi connectivity index (χ2v) is 4.32. The molecule has 0 atom stereocenters. The van der Waals surface area contributed by atoms with Crippen LogP contribution in [0.3, 0.4) is 0 Å². The van der Waals surface area contributed by atoms with Gasteiger partial charge in [0.15, 0.2) is 0 Å². The van der Waals surface area contributed by atoms with Crippen LogP contribution in [0.2, 0.25) is 0 Å². The lowest BCUT2D eigenvalue weighted by Gasteiger charge is -2.08. The Morgan fingerprint density at radius 1 is 1.36 bits per heavy atom. The highest BCUT2D eigenvalue weighted by Crippen LogP contribution is 2.26. The summed E-state index contributed by atoms with van der Waals surface area (Å²) >= 11 is 1.77. The summed E-state index contributed by atoms with van der Waals surface area (Å²) in [7, 11) is 1.93. The van der Waals surface area contributed by atoms with Crippen molar-refractivity contribution in [2.45, 2.75) is 25.0 Å². The molecule has 2 rings (SSSR count). The Morgan fingerprint density at radius 3 is 2.93 bits per heavy atom. The van der Waals surface area contributed by atoms with Crippen molar-refractivity contribution in [3.8, 4) is 0 Å². The Kier molecular flexibility index (Phi) is 2.91. The topological polar surface area (TPSA) is 37.8 Å². The van der Waals surface area contributed by atoms with Crippen LogP contribution in [0.5, 0.6) is 0 Å². The molecule has 1 aromatic rings. The van der Waals surface area contributed by atoms with E-state index < -0.39 is 0 Å². The van der Waals surface area contributed by atoms with E-state index >= 15 is 0 Å². The monoisotopic (exact) mass is 209 g/mol. The Morgan fingerprint density at radius 2 is 2.21 bits per heavy atom. The van der Waals surface area contributed by atoms with Gasteiger partial charge in [0.25, 0.3) is 0 Å². The van der Waals surface area contributed by atoms with Gasteiger partial charge in [0.05, 0.1) is 5.75 Å². The van der Waals surface area contributed by atoms with Gasteiger partial charge in [-0.1, -0.05) is 0 Å². The summed E-state index contributed by atoms with van der Waals surface area (Å²) in [4.78, 5) is 9.09. The Balaban J connectivity index is 2.39. The number of hydrogen-bond donors (Lipinski definition) is 1. The van der Waals surface area contributed by atoms with Gasteiger partial charge in [-0.3, -0.25) is 0 Å². The van der Waals surface area contributed by atoms with E-state index in [9.17, 15) is 0 Å². The average molecular weight is 209 g/mol.